The Balaban J connectivity index is 1.48. The van der Waals surface area contributed by atoms with Crippen LogP contribution in [-0.4, -0.2) is 43.0 Å². The normalized spacial score (nSPS) is 43.2. The summed E-state index contributed by atoms with van der Waals surface area (Å²) in [5.41, 5.74) is 6.01. The summed E-state index contributed by atoms with van der Waals surface area (Å²) in [5, 5.41) is 3.31. The van der Waals surface area contributed by atoms with Crippen LogP contribution in [-0.2, 0) is 4.79 Å². The zero-order valence-electron chi connectivity index (χ0n) is 12.0. The van der Waals surface area contributed by atoms with Crippen LogP contribution in [0.2, 0.25) is 0 Å². The van der Waals surface area contributed by atoms with Gasteiger partial charge in [-0.1, -0.05) is 0 Å². The first-order chi connectivity index (χ1) is 9.11. The molecule has 3 aliphatic rings. The van der Waals surface area contributed by atoms with E-state index in [4.69, 9.17) is 5.73 Å². The van der Waals surface area contributed by atoms with E-state index < -0.39 is 0 Å². The van der Waals surface area contributed by atoms with Crippen molar-refractivity contribution < 1.29 is 4.79 Å². The Bertz CT molecular complexity index is 332. The molecule has 3 rings (SSSR count). The van der Waals surface area contributed by atoms with Crippen molar-refractivity contribution in [3.8, 4) is 0 Å². The van der Waals surface area contributed by atoms with Crippen LogP contribution >= 0.6 is 0 Å². The highest BCUT2D eigenvalue weighted by atomic mass is 16.2. The number of hydrogen-bond acceptors (Lipinski definition) is 3. The molecule has 0 bridgehead atoms. The van der Waals surface area contributed by atoms with Crippen LogP contribution in [0.4, 0.5) is 0 Å². The second-order valence-corrected chi connectivity index (χ2v) is 7.03. The molecule has 0 aromatic heterocycles. The molecule has 3 fully saturated rings. The molecule has 1 saturated heterocycles. The number of nitrogens with two attached hydrogens (primary N) is 1. The molecule has 0 aromatic carbocycles. The Morgan fingerprint density at radius 2 is 1.89 bits per heavy atom. The molecule has 3 unspecified atom stereocenters. The average Bonchev–Trinajstić information content (AvgIpc) is 2.85. The molecule has 1 heterocycles. The molecule has 1 aliphatic heterocycles. The molecule has 0 aromatic rings. The average molecular weight is 265 g/mol. The Hall–Kier alpha value is -0.610. The number of amides is 1. The van der Waals surface area contributed by atoms with Crippen LogP contribution in [0.5, 0.6) is 0 Å². The van der Waals surface area contributed by atoms with Crippen LogP contribution in [0, 0.1) is 17.8 Å². The van der Waals surface area contributed by atoms with Crippen molar-refractivity contribution in [1.29, 1.82) is 0 Å². The Kier molecular flexibility index (Phi) is 3.81. The lowest BCUT2D eigenvalue weighted by atomic mass is 9.97. The highest BCUT2D eigenvalue weighted by Gasteiger charge is 2.41. The maximum Gasteiger partial charge on any atom is 0.224 e. The largest absolute Gasteiger partial charge is 0.353 e. The minimum Gasteiger partial charge on any atom is -0.353 e. The van der Waals surface area contributed by atoms with E-state index in [-0.39, 0.29) is 5.92 Å². The summed E-state index contributed by atoms with van der Waals surface area (Å²) in [6.45, 7) is 2.06. The SMILES string of the molecule is CN1CCCC(C(=O)NC2CC3CC(N)CC3C2)C1. The van der Waals surface area contributed by atoms with Crippen molar-refractivity contribution in [2.75, 3.05) is 20.1 Å². The van der Waals surface area contributed by atoms with E-state index in [0.717, 1.165) is 50.6 Å². The minimum absolute atomic E-state index is 0.210. The summed E-state index contributed by atoms with van der Waals surface area (Å²) in [6.07, 6.45) is 6.87. The zero-order chi connectivity index (χ0) is 13.4. The Morgan fingerprint density at radius 3 is 2.53 bits per heavy atom. The van der Waals surface area contributed by atoms with Gasteiger partial charge in [-0.3, -0.25) is 4.79 Å². The molecule has 1 amide bonds. The highest BCUT2D eigenvalue weighted by Crippen LogP contribution is 2.43. The van der Waals surface area contributed by atoms with Gasteiger partial charge in [0.05, 0.1) is 5.92 Å². The van der Waals surface area contributed by atoms with Crippen molar-refractivity contribution in [3.05, 3.63) is 0 Å². The van der Waals surface area contributed by atoms with Gasteiger partial charge in [0, 0.05) is 18.6 Å². The summed E-state index contributed by atoms with van der Waals surface area (Å²) < 4.78 is 0. The zero-order valence-corrected chi connectivity index (χ0v) is 12.0. The number of rotatable bonds is 2. The van der Waals surface area contributed by atoms with Crippen LogP contribution in [0.15, 0.2) is 0 Å². The number of piperidine rings is 1. The lowest BCUT2D eigenvalue weighted by molar-refractivity contribution is -0.127. The van der Waals surface area contributed by atoms with E-state index in [1.54, 1.807) is 0 Å². The maximum atomic E-state index is 12.3. The van der Waals surface area contributed by atoms with Gasteiger partial charge in [0.1, 0.15) is 0 Å². The van der Waals surface area contributed by atoms with Gasteiger partial charge in [-0.05, 0) is 64.0 Å². The van der Waals surface area contributed by atoms with Gasteiger partial charge in [-0.2, -0.15) is 0 Å². The topological polar surface area (TPSA) is 58.4 Å². The van der Waals surface area contributed by atoms with Crippen molar-refractivity contribution in [1.82, 2.24) is 10.2 Å². The van der Waals surface area contributed by atoms with E-state index >= 15 is 0 Å². The third kappa shape index (κ3) is 2.95. The van der Waals surface area contributed by atoms with Gasteiger partial charge >= 0.3 is 0 Å². The quantitative estimate of drug-likeness (QED) is 0.782. The number of fused-ring (bicyclic) bond motifs is 1. The first-order valence-corrected chi connectivity index (χ1v) is 7.86. The first-order valence-electron chi connectivity index (χ1n) is 7.86. The molecule has 2 saturated carbocycles. The van der Waals surface area contributed by atoms with Crippen molar-refractivity contribution >= 4 is 5.91 Å². The first kappa shape index (κ1) is 13.4. The highest BCUT2D eigenvalue weighted by molar-refractivity contribution is 5.79. The summed E-state index contributed by atoms with van der Waals surface area (Å²) in [4.78, 5) is 14.6. The van der Waals surface area contributed by atoms with E-state index in [9.17, 15) is 4.79 Å². The number of nitrogens with zero attached hydrogens (tertiary/aromatic N) is 1. The van der Waals surface area contributed by atoms with Gasteiger partial charge in [0.25, 0.3) is 0 Å². The molecule has 3 N–H and O–H groups in total. The molecular formula is C15H27N3O. The Labute approximate surface area is 116 Å². The molecule has 4 heteroatoms. The van der Waals surface area contributed by atoms with Crippen LogP contribution in [0.25, 0.3) is 0 Å². The molecule has 2 aliphatic carbocycles. The Morgan fingerprint density at radius 1 is 1.21 bits per heavy atom. The summed E-state index contributed by atoms with van der Waals surface area (Å²) >= 11 is 0. The number of nitrogens with one attached hydrogen (secondary N) is 1. The number of hydrogen-bond donors (Lipinski definition) is 2. The lowest BCUT2D eigenvalue weighted by Crippen LogP contribution is -2.44. The number of carbonyl (C=O) groups is 1. The van der Waals surface area contributed by atoms with E-state index in [1.807, 2.05) is 0 Å². The number of carbonyl (C=O) groups excluding carboxylic acids is 1. The van der Waals surface area contributed by atoms with Crippen molar-refractivity contribution in [2.24, 2.45) is 23.5 Å². The van der Waals surface area contributed by atoms with Gasteiger partial charge in [-0.25, -0.2) is 0 Å². The lowest BCUT2D eigenvalue weighted by Gasteiger charge is -2.29. The van der Waals surface area contributed by atoms with Crippen molar-refractivity contribution in [2.45, 2.75) is 50.6 Å². The second-order valence-electron chi connectivity index (χ2n) is 7.03. The molecule has 3 atom stereocenters. The van der Waals surface area contributed by atoms with Gasteiger partial charge in [0.15, 0.2) is 0 Å². The van der Waals surface area contributed by atoms with E-state index in [2.05, 4.69) is 17.3 Å². The summed E-state index contributed by atoms with van der Waals surface area (Å²) in [5.74, 6) is 2.05. The van der Waals surface area contributed by atoms with Gasteiger partial charge < -0.3 is 16.0 Å². The third-order valence-electron chi connectivity index (χ3n) is 5.39. The number of likely N-dealkylation sites (tertiary alicyclic amines) is 1. The van der Waals surface area contributed by atoms with Gasteiger partial charge in [0.2, 0.25) is 5.91 Å². The molecule has 0 radical (unpaired) electrons. The monoisotopic (exact) mass is 265 g/mol. The molecule has 4 nitrogen and oxygen atoms in total. The fourth-order valence-electron chi connectivity index (χ4n) is 4.48. The molecule has 19 heavy (non-hydrogen) atoms. The minimum atomic E-state index is 0.210. The predicted molar refractivity (Wildman–Crippen MR) is 75.6 cm³/mol. The third-order valence-corrected chi connectivity index (χ3v) is 5.39. The fraction of sp³-hybridized carbons (Fsp3) is 0.933. The predicted octanol–water partition coefficient (Wildman–Crippen LogP) is 0.960. The van der Waals surface area contributed by atoms with Crippen LogP contribution < -0.4 is 11.1 Å². The van der Waals surface area contributed by atoms with E-state index in [1.165, 1.54) is 12.8 Å². The standard InChI is InChI=1S/C15H27N3O/c1-18-4-2-3-10(9-18)15(19)17-14-7-11-5-13(16)6-12(11)8-14/h10-14H,2-9,16H2,1H3,(H,17,19). The molecular weight excluding hydrogens is 238 g/mol. The van der Waals surface area contributed by atoms with E-state index in [0.29, 0.717) is 18.0 Å². The molecule has 0 spiro atoms. The summed E-state index contributed by atoms with van der Waals surface area (Å²) in [7, 11) is 2.11. The second kappa shape index (κ2) is 5.41. The van der Waals surface area contributed by atoms with Crippen LogP contribution in [0.1, 0.15) is 38.5 Å². The van der Waals surface area contributed by atoms with Gasteiger partial charge in [-0.15, -0.1) is 0 Å². The smallest absolute Gasteiger partial charge is 0.224 e. The van der Waals surface area contributed by atoms with Crippen molar-refractivity contribution in [3.63, 3.8) is 0 Å². The maximum absolute atomic E-state index is 12.3. The molecule has 108 valence electrons. The summed E-state index contributed by atoms with van der Waals surface area (Å²) in [6, 6.07) is 0.834. The fourth-order valence-corrected chi connectivity index (χ4v) is 4.48. The van der Waals surface area contributed by atoms with Crippen LogP contribution in [0.3, 0.4) is 0 Å².